The lowest BCUT2D eigenvalue weighted by Gasteiger charge is -2.39. The number of carboxylic acid groups (broad SMARTS) is 1. The summed E-state index contributed by atoms with van der Waals surface area (Å²) in [6.07, 6.45) is 0.377. The molecule has 1 amide bonds. The van der Waals surface area contributed by atoms with Crippen LogP contribution in [0.4, 0.5) is 4.39 Å². The molecule has 0 spiro atoms. The van der Waals surface area contributed by atoms with Gasteiger partial charge in [0.05, 0.1) is 18.6 Å². The number of carbonyl (C=O) groups excluding carboxylic acids is 1. The molecule has 1 aliphatic rings. The van der Waals surface area contributed by atoms with E-state index >= 15 is 0 Å². The molecule has 6 heteroatoms. The van der Waals surface area contributed by atoms with E-state index in [1.165, 1.54) is 24.1 Å². The van der Waals surface area contributed by atoms with Crippen molar-refractivity contribution in [2.45, 2.75) is 18.9 Å². The zero-order valence-electron chi connectivity index (χ0n) is 11.8. The number of hydrogen-bond donors (Lipinski definition) is 1. The first kappa shape index (κ1) is 15.4. The second-order valence-electron chi connectivity index (χ2n) is 5.03. The predicted molar refractivity (Wildman–Crippen MR) is 73.1 cm³/mol. The van der Waals surface area contributed by atoms with Gasteiger partial charge in [-0.1, -0.05) is 18.2 Å². The van der Waals surface area contributed by atoms with Gasteiger partial charge in [0.1, 0.15) is 5.82 Å². The number of carbonyl (C=O) groups is 2. The Morgan fingerprint density at radius 1 is 1.48 bits per heavy atom. The van der Waals surface area contributed by atoms with Gasteiger partial charge in [-0.25, -0.2) is 4.39 Å². The van der Waals surface area contributed by atoms with E-state index in [0.29, 0.717) is 0 Å². The van der Waals surface area contributed by atoms with Crippen LogP contribution >= 0.6 is 0 Å². The fourth-order valence-electron chi connectivity index (χ4n) is 2.76. The van der Waals surface area contributed by atoms with Crippen molar-refractivity contribution in [3.05, 3.63) is 35.6 Å². The van der Waals surface area contributed by atoms with Gasteiger partial charge < -0.3 is 14.7 Å². The standard InChI is InChI=1S/C15H18FNO4/c1-21-9-8-17-13(18)7-6-11(15(19)20)14(17)10-4-2-3-5-12(10)16/h2-5,11,14H,6-9H2,1H3,(H,19,20)/t11-,14-/m1/s1. The molecule has 0 unspecified atom stereocenters. The van der Waals surface area contributed by atoms with Gasteiger partial charge in [-0.05, 0) is 12.5 Å². The summed E-state index contributed by atoms with van der Waals surface area (Å²) in [5, 5.41) is 9.40. The van der Waals surface area contributed by atoms with E-state index in [2.05, 4.69) is 0 Å². The number of likely N-dealkylation sites (tertiary alicyclic amines) is 1. The van der Waals surface area contributed by atoms with E-state index in [-0.39, 0.29) is 37.5 Å². The van der Waals surface area contributed by atoms with Crippen molar-refractivity contribution in [2.24, 2.45) is 5.92 Å². The molecule has 1 aliphatic heterocycles. The van der Waals surface area contributed by atoms with Crippen LogP contribution < -0.4 is 0 Å². The molecular weight excluding hydrogens is 277 g/mol. The first-order chi connectivity index (χ1) is 10.1. The highest BCUT2D eigenvalue weighted by Crippen LogP contribution is 2.37. The van der Waals surface area contributed by atoms with Gasteiger partial charge in [0.25, 0.3) is 0 Å². The second-order valence-corrected chi connectivity index (χ2v) is 5.03. The molecule has 0 bridgehead atoms. The van der Waals surface area contributed by atoms with Crippen LogP contribution in [0.5, 0.6) is 0 Å². The SMILES string of the molecule is COCCN1C(=O)CC[C@@H](C(=O)O)[C@H]1c1ccccc1F. The third-order valence-corrected chi connectivity index (χ3v) is 3.78. The van der Waals surface area contributed by atoms with E-state index in [4.69, 9.17) is 4.74 Å². The maximum atomic E-state index is 14.1. The molecule has 0 aromatic heterocycles. The van der Waals surface area contributed by atoms with Crippen molar-refractivity contribution >= 4 is 11.9 Å². The molecule has 1 aromatic carbocycles. The largest absolute Gasteiger partial charge is 0.481 e. The van der Waals surface area contributed by atoms with Gasteiger partial charge >= 0.3 is 5.97 Å². The lowest BCUT2D eigenvalue weighted by molar-refractivity contribution is -0.152. The molecule has 2 atom stereocenters. The molecule has 114 valence electrons. The third kappa shape index (κ3) is 3.21. The normalized spacial score (nSPS) is 22.4. The van der Waals surface area contributed by atoms with Gasteiger partial charge in [-0.15, -0.1) is 0 Å². The van der Waals surface area contributed by atoms with Gasteiger partial charge in [0, 0.05) is 25.6 Å². The van der Waals surface area contributed by atoms with E-state index < -0.39 is 23.7 Å². The minimum absolute atomic E-state index is 0.158. The van der Waals surface area contributed by atoms with Gasteiger partial charge in [0.2, 0.25) is 5.91 Å². The fourth-order valence-corrected chi connectivity index (χ4v) is 2.76. The lowest BCUT2D eigenvalue weighted by Crippen LogP contribution is -2.46. The van der Waals surface area contributed by atoms with Crippen molar-refractivity contribution in [3.63, 3.8) is 0 Å². The highest BCUT2D eigenvalue weighted by Gasteiger charge is 2.41. The number of rotatable bonds is 5. The monoisotopic (exact) mass is 295 g/mol. The lowest BCUT2D eigenvalue weighted by atomic mass is 9.84. The van der Waals surface area contributed by atoms with Crippen LogP contribution in [0.15, 0.2) is 24.3 Å². The van der Waals surface area contributed by atoms with Gasteiger partial charge in [-0.3, -0.25) is 9.59 Å². The number of halogens is 1. The number of amides is 1. The van der Waals surface area contributed by atoms with Crippen LogP contribution in [0.2, 0.25) is 0 Å². The Kier molecular flexibility index (Phi) is 4.90. The molecule has 2 rings (SSSR count). The number of aliphatic carboxylic acids is 1. The first-order valence-electron chi connectivity index (χ1n) is 6.82. The molecule has 0 saturated carbocycles. The molecule has 0 radical (unpaired) electrons. The molecular formula is C15H18FNO4. The van der Waals surface area contributed by atoms with Crippen molar-refractivity contribution in [3.8, 4) is 0 Å². The van der Waals surface area contributed by atoms with E-state index in [9.17, 15) is 19.1 Å². The average Bonchev–Trinajstić information content (AvgIpc) is 2.46. The van der Waals surface area contributed by atoms with Crippen molar-refractivity contribution in [1.82, 2.24) is 4.90 Å². The minimum atomic E-state index is -1.02. The first-order valence-corrected chi connectivity index (χ1v) is 6.82. The predicted octanol–water partition coefficient (Wildman–Crippen LogP) is 1.84. The Bertz CT molecular complexity index is 534. The van der Waals surface area contributed by atoms with E-state index in [1.54, 1.807) is 12.1 Å². The van der Waals surface area contributed by atoms with Crippen molar-refractivity contribution in [1.29, 1.82) is 0 Å². The van der Waals surface area contributed by atoms with Crippen LogP contribution in [0.25, 0.3) is 0 Å². The highest BCUT2D eigenvalue weighted by molar-refractivity contribution is 5.81. The van der Waals surface area contributed by atoms with Gasteiger partial charge in [-0.2, -0.15) is 0 Å². The molecule has 0 aliphatic carbocycles. The van der Waals surface area contributed by atoms with Gasteiger partial charge in [0.15, 0.2) is 0 Å². The molecule has 21 heavy (non-hydrogen) atoms. The molecule has 1 heterocycles. The third-order valence-electron chi connectivity index (χ3n) is 3.78. The summed E-state index contributed by atoms with van der Waals surface area (Å²) >= 11 is 0. The maximum Gasteiger partial charge on any atom is 0.308 e. The summed E-state index contributed by atoms with van der Waals surface area (Å²) in [5.41, 5.74) is 0.244. The molecule has 5 nitrogen and oxygen atoms in total. The van der Waals surface area contributed by atoms with Crippen LogP contribution in [0.3, 0.4) is 0 Å². The summed E-state index contributed by atoms with van der Waals surface area (Å²) in [6.45, 7) is 0.529. The second kappa shape index (κ2) is 6.67. The molecule has 1 fully saturated rings. The molecule has 1 aromatic rings. The Labute approximate surface area is 122 Å². The van der Waals surface area contributed by atoms with E-state index in [0.717, 1.165) is 0 Å². The average molecular weight is 295 g/mol. The Morgan fingerprint density at radius 2 is 2.19 bits per heavy atom. The number of piperidine rings is 1. The number of benzene rings is 1. The highest BCUT2D eigenvalue weighted by atomic mass is 19.1. The molecule has 1 N–H and O–H groups in total. The Morgan fingerprint density at radius 3 is 2.81 bits per heavy atom. The zero-order valence-corrected chi connectivity index (χ0v) is 11.8. The smallest absolute Gasteiger partial charge is 0.308 e. The summed E-state index contributed by atoms with van der Waals surface area (Å²) in [5.74, 6) is -2.49. The zero-order chi connectivity index (χ0) is 15.4. The Hall–Kier alpha value is -1.95. The van der Waals surface area contributed by atoms with E-state index in [1.807, 2.05) is 0 Å². The fraction of sp³-hybridized carbons (Fsp3) is 0.467. The topological polar surface area (TPSA) is 66.8 Å². The van der Waals surface area contributed by atoms with Crippen LogP contribution in [0.1, 0.15) is 24.4 Å². The van der Waals surface area contributed by atoms with Crippen LogP contribution in [0, 0.1) is 11.7 Å². The number of ether oxygens (including phenoxy) is 1. The number of nitrogens with zero attached hydrogens (tertiary/aromatic N) is 1. The molecule has 1 saturated heterocycles. The summed E-state index contributed by atoms with van der Waals surface area (Å²) in [7, 11) is 1.50. The summed E-state index contributed by atoms with van der Waals surface area (Å²) < 4.78 is 19.0. The van der Waals surface area contributed by atoms with Crippen molar-refractivity contribution < 1.29 is 23.8 Å². The summed E-state index contributed by atoms with van der Waals surface area (Å²) in [6, 6.07) is 5.21. The number of methoxy groups -OCH3 is 1. The van der Waals surface area contributed by atoms with Crippen molar-refractivity contribution in [2.75, 3.05) is 20.3 Å². The quantitative estimate of drug-likeness (QED) is 0.900. The van der Waals surface area contributed by atoms with Crippen LogP contribution in [-0.2, 0) is 14.3 Å². The maximum absolute atomic E-state index is 14.1. The number of hydrogen-bond acceptors (Lipinski definition) is 3. The Balaban J connectivity index is 2.41. The van der Waals surface area contributed by atoms with Crippen LogP contribution in [-0.4, -0.2) is 42.1 Å². The summed E-state index contributed by atoms with van der Waals surface area (Å²) in [4.78, 5) is 25.0. The number of carboxylic acids is 1. The minimum Gasteiger partial charge on any atom is -0.481 e.